The molecule has 1 amide bonds. The molecule has 8 heteroatoms. The number of nitrogens with zero attached hydrogens (tertiary/aromatic N) is 1. The molecule has 0 aliphatic carbocycles. The van der Waals surface area contributed by atoms with Crippen LogP contribution in [0.4, 0.5) is 0 Å². The topological polar surface area (TPSA) is 114 Å². The zero-order chi connectivity index (χ0) is 30.7. The summed E-state index contributed by atoms with van der Waals surface area (Å²) in [6.45, 7) is 8.92. The average molecular weight is 590 g/mol. The molecule has 1 fully saturated rings. The molecular weight excluding hydrogens is 542 g/mol. The number of aliphatic hydroxyl groups excluding tert-OH is 2. The predicted octanol–water partition coefficient (Wildman–Crippen LogP) is 4.37. The number of benzene rings is 3. The maximum Gasteiger partial charge on any atom is 0.251 e. The molecule has 43 heavy (non-hydrogen) atoms. The lowest BCUT2D eigenvalue weighted by atomic mass is 9.93. The summed E-state index contributed by atoms with van der Waals surface area (Å²) in [5, 5.41) is 36.2. The molecule has 1 saturated heterocycles. The molecule has 232 valence electrons. The van der Waals surface area contributed by atoms with E-state index in [1.807, 2.05) is 50.2 Å². The van der Waals surface area contributed by atoms with E-state index in [2.05, 4.69) is 27.7 Å². The van der Waals surface area contributed by atoms with Gasteiger partial charge in [-0.3, -0.25) is 4.79 Å². The number of phenols is 1. The normalized spacial score (nSPS) is 14.5. The Balaban J connectivity index is 1.19. The summed E-state index contributed by atoms with van der Waals surface area (Å²) in [5.41, 5.74) is 3.43. The van der Waals surface area contributed by atoms with Crippen molar-refractivity contribution in [2.45, 2.75) is 64.2 Å². The van der Waals surface area contributed by atoms with Crippen molar-refractivity contribution in [3.05, 3.63) is 94.5 Å². The summed E-state index contributed by atoms with van der Waals surface area (Å²) in [5.74, 6) is 0.788. The van der Waals surface area contributed by atoms with Crippen molar-refractivity contribution >= 4 is 5.91 Å². The molecule has 0 radical (unpaired) electrons. The molecule has 1 heterocycles. The van der Waals surface area contributed by atoms with E-state index in [0.29, 0.717) is 36.2 Å². The van der Waals surface area contributed by atoms with Gasteiger partial charge in [0.2, 0.25) is 0 Å². The second-order valence-electron chi connectivity index (χ2n) is 12.1. The number of aliphatic hydroxyl groups is 2. The van der Waals surface area contributed by atoms with Crippen LogP contribution in [0, 0.1) is 0 Å². The minimum Gasteiger partial charge on any atom is -0.508 e. The average Bonchev–Trinajstić information content (AvgIpc) is 3.53. The van der Waals surface area contributed by atoms with Gasteiger partial charge in [0.05, 0.1) is 19.3 Å². The smallest absolute Gasteiger partial charge is 0.251 e. The van der Waals surface area contributed by atoms with Crippen LogP contribution in [0.2, 0.25) is 0 Å². The predicted molar refractivity (Wildman–Crippen MR) is 169 cm³/mol. The standard InChI is InChI=1S/C35H47N3O5/c1-35(2,37-24-33(41)28-11-14-32(40)30(22-28)25-39)23-27-7-5-8-29(21-27)34(42)36-16-15-26-9-12-31(13-10-26)43-20-6-19-38-17-3-4-18-38/h5,7-14,21-22,33,37,39-41H,3-4,6,15-20,23-25H2,1-2H3,(H,36,42)/t33-/m1/s1. The third kappa shape index (κ3) is 10.4. The van der Waals surface area contributed by atoms with E-state index < -0.39 is 6.10 Å². The third-order valence-electron chi connectivity index (χ3n) is 7.98. The number of ether oxygens (including phenoxy) is 1. The fraction of sp³-hybridized carbons (Fsp3) is 0.457. The van der Waals surface area contributed by atoms with Crippen LogP contribution in [0.25, 0.3) is 0 Å². The highest BCUT2D eigenvalue weighted by molar-refractivity contribution is 5.94. The Morgan fingerprint density at radius 2 is 1.79 bits per heavy atom. The third-order valence-corrected chi connectivity index (χ3v) is 7.98. The zero-order valence-electron chi connectivity index (χ0n) is 25.5. The zero-order valence-corrected chi connectivity index (χ0v) is 25.5. The lowest BCUT2D eigenvalue weighted by Gasteiger charge is -2.28. The SMILES string of the molecule is CC(C)(Cc1cccc(C(=O)NCCc2ccc(OCCCN3CCCC3)cc2)c1)NC[C@@H](O)c1ccc(O)c(CO)c1. The van der Waals surface area contributed by atoms with Crippen LogP contribution in [-0.4, -0.2) is 71.0 Å². The molecule has 0 bridgehead atoms. The van der Waals surface area contributed by atoms with Crippen molar-refractivity contribution in [2.75, 3.05) is 39.3 Å². The van der Waals surface area contributed by atoms with Gasteiger partial charge < -0.3 is 35.6 Å². The number of hydrogen-bond acceptors (Lipinski definition) is 7. The molecule has 8 nitrogen and oxygen atoms in total. The number of amides is 1. The van der Waals surface area contributed by atoms with Gasteiger partial charge in [0.25, 0.3) is 5.91 Å². The molecule has 1 aliphatic heterocycles. The minimum atomic E-state index is -0.796. The molecule has 0 spiro atoms. The van der Waals surface area contributed by atoms with E-state index in [4.69, 9.17) is 4.74 Å². The monoisotopic (exact) mass is 589 g/mol. The summed E-state index contributed by atoms with van der Waals surface area (Å²) >= 11 is 0. The van der Waals surface area contributed by atoms with E-state index in [0.717, 1.165) is 42.9 Å². The van der Waals surface area contributed by atoms with Gasteiger partial charge in [-0.15, -0.1) is 0 Å². The van der Waals surface area contributed by atoms with Gasteiger partial charge in [0, 0.05) is 36.3 Å². The van der Waals surface area contributed by atoms with Crippen molar-refractivity contribution in [1.29, 1.82) is 0 Å². The van der Waals surface area contributed by atoms with Crippen LogP contribution in [-0.2, 0) is 19.4 Å². The summed E-state index contributed by atoms with van der Waals surface area (Å²) in [7, 11) is 0. The lowest BCUT2D eigenvalue weighted by Crippen LogP contribution is -2.43. The van der Waals surface area contributed by atoms with Gasteiger partial charge in [-0.25, -0.2) is 0 Å². The summed E-state index contributed by atoms with van der Waals surface area (Å²) < 4.78 is 5.90. The number of rotatable bonds is 16. The van der Waals surface area contributed by atoms with Crippen LogP contribution < -0.4 is 15.4 Å². The first-order chi connectivity index (χ1) is 20.7. The van der Waals surface area contributed by atoms with E-state index in [-0.39, 0.29) is 23.8 Å². The van der Waals surface area contributed by atoms with Gasteiger partial charge >= 0.3 is 0 Å². The Morgan fingerprint density at radius 3 is 2.53 bits per heavy atom. The maximum absolute atomic E-state index is 12.9. The molecule has 3 aromatic carbocycles. The van der Waals surface area contributed by atoms with Crippen molar-refractivity contribution < 1.29 is 24.9 Å². The Labute approximate surface area is 255 Å². The van der Waals surface area contributed by atoms with E-state index in [1.165, 1.54) is 32.0 Å². The molecule has 5 N–H and O–H groups in total. The fourth-order valence-corrected chi connectivity index (χ4v) is 5.48. The summed E-state index contributed by atoms with van der Waals surface area (Å²) in [6.07, 6.45) is 4.27. The van der Waals surface area contributed by atoms with Crippen molar-refractivity contribution in [3.63, 3.8) is 0 Å². The summed E-state index contributed by atoms with van der Waals surface area (Å²) in [6, 6.07) is 20.5. The quantitative estimate of drug-likeness (QED) is 0.158. The van der Waals surface area contributed by atoms with E-state index in [9.17, 15) is 20.1 Å². The number of carbonyl (C=O) groups excluding carboxylic acids is 1. The number of aromatic hydroxyl groups is 1. The highest BCUT2D eigenvalue weighted by atomic mass is 16.5. The molecular formula is C35H47N3O5. The highest BCUT2D eigenvalue weighted by Gasteiger charge is 2.21. The van der Waals surface area contributed by atoms with E-state index in [1.54, 1.807) is 12.1 Å². The van der Waals surface area contributed by atoms with Gasteiger partial charge in [0.1, 0.15) is 11.5 Å². The Kier molecular flexibility index (Phi) is 12.0. The molecule has 0 saturated carbocycles. The number of hydrogen-bond donors (Lipinski definition) is 5. The first kappa shape index (κ1) is 32.5. The van der Waals surface area contributed by atoms with Crippen molar-refractivity contribution in [2.24, 2.45) is 0 Å². The van der Waals surface area contributed by atoms with E-state index >= 15 is 0 Å². The van der Waals surface area contributed by atoms with Crippen LogP contribution in [0.15, 0.2) is 66.7 Å². The van der Waals surface area contributed by atoms with Crippen LogP contribution in [0.1, 0.15) is 71.8 Å². The largest absolute Gasteiger partial charge is 0.508 e. The highest BCUT2D eigenvalue weighted by Crippen LogP contribution is 2.23. The van der Waals surface area contributed by atoms with Crippen molar-refractivity contribution in [3.8, 4) is 11.5 Å². The second kappa shape index (κ2) is 15.9. The summed E-state index contributed by atoms with van der Waals surface area (Å²) in [4.78, 5) is 15.4. The fourth-order valence-electron chi connectivity index (χ4n) is 5.48. The maximum atomic E-state index is 12.9. The molecule has 0 aromatic heterocycles. The van der Waals surface area contributed by atoms with Crippen molar-refractivity contribution in [1.82, 2.24) is 15.5 Å². The number of β-amino-alcohol motifs (C(OH)–C–C–N with tert-alkyl or cyclic N) is 1. The lowest BCUT2D eigenvalue weighted by molar-refractivity contribution is 0.0954. The van der Waals surface area contributed by atoms with Gasteiger partial charge in [-0.05, 0) is 112 Å². The first-order valence-electron chi connectivity index (χ1n) is 15.4. The molecule has 4 rings (SSSR count). The molecule has 0 unspecified atom stereocenters. The van der Waals surface area contributed by atoms with Crippen LogP contribution in [0.5, 0.6) is 11.5 Å². The number of likely N-dealkylation sites (tertiary alicyclic amines) is 1. The molecule has 1 aliphatic rings. The van der Waals surface area contributed by atoms with Gasteiger partial charge in [0.15, 0.2) is 0 Å². The number of nitrogens with one attached hydrogen (secondary N) is 2. The van der Waals surface area contributed by atoms with Gasteiger partial charge in [-0.1, -0.05) is 30.3 Å². The van der Waals surface area contributed by atoms with Crippen LogP contribution >= 0.6 is 0 Å². The number of carbonyl (C=O) groups is 1. The van der Waals surface area contributed by atoms with Gasteiger partial charge in [-0.2, -0.15) is 0 Å². The minimum absolute atomic E-state index is 0.00797. The Hall–Kier alpha value is -3.43. The Bertz CT molecular complexity index is 1310. The van der Waals surface area contributed by atoms with Crippen LogP contribution in [0.3, 0.4) is 0 Å². The Morgan fingerprint density at radius 1 is 1.02 bits per heavy atom. The molecule has 1 atom stereocenters. The molecule has 3 aromatic rings. The second-order valence-corrected chi connectivity index (χ2v) is 12.1. The first-order valence-corrected chi connectivity index (χ1v) is 15.4.